The maximum absolute atomic E-state index is 12.6. The van der Waals surface area contributed by atoms with E-state index < -0.39 is 11.2 Å². The zero-order chi connectivity index (χ0) is 21.9. The van der Waals surface area contributed by atoms with E-state index >= 15 is 0 Å². The van der Waals surface area contributed by atoms with E-state index in [1.165, 1.54) is 24.8 Å². The standard InChI is InChI=1S/C26H32O4/c1-6-7-8-9-18-10-12-19(13-11-18)22-16-20-14-15-21(17-23(20)29-24(22)27)30-26(4,5)25(2,3)28/h10-17,28H,6-9H2,1-5H3. The molecule has 160 valence electrons. The van der Waals surface area contributed by atoms with Crippen LogP contribution in [0.25, 0.3) is 22.1 Å². The maximum atomic E-state index is 12.6. The molecule has 0 saturated carbocycles. The highest BCUT2D eigenvalue weighted by atomic mass is 16.5. The van der Waals surface area contributed by atoms with Gasteiger partial charge >= 0.3 is 5.63 Å². The van der Waals surface area contributed by atoms with Gasteiger partial charge in [0.05, 0.1) is 11.2 Å². The average Bonchev–Trinajstić information content (AvgIpc) is 2.67. The summed E-state index contributed by atoms with van der Waals surface area (Å²) in [4.78, 5) is 12.6. The number of ether oxygens (including phenoxy) is 1. The van der Waals surface area contributed by atoms with E-state index in [1.807, 2.05) is 44.2 Å². The third kappa shape index (κ3) is 4.93. The summed E-state index contributed by atoms with van der Waals surface area (Å²) in [6.45, 7) is 9.25. The molecule has 0 unspecified atom stereocenters. The SMILES string of the molecule is CCCCCc1ccc(-c2cc3ccc(OC(C)(C)C(C)(C)O)cc3oc2=O)cc1. The third-order valence-corrected chi connectivity index (χ3v) is 5.89. The van der Waals surface area contributed by atoms with Crippen molar-refractivity contribution in [2.75, 3.05) is 0 Å². The van der Waals surface area contributed by atoms with Gasteiger partial charge in [-0.1, -0.05) is 44.0 Å². The first kappa shape index (κ1) is 22.1. The summed E-state index contributed by atoms with van der Waals surface area (Å²) >= 11 is 0. The summed E-state index contributed by atoms with van der Waals surface area (Å²) in [5.74, 6) is 0.543. The second-order valence-corrected chi connectivity index (χ2v) is 8.97. The summed E-state index contributed by atoms with van der Waals surface area (Å²) < 4.78 is 11.6. The van der Waals surface area contributed by atoms with Gasteiger partial charge in [-0.25, -0.2) is 4.79 Å². The topological polar surface area (TPSA) is 59.7 Å². The Balaban J connectivity index is 1.87. The molecular weight excluding hydrogens is 376 g/mol. The Bertz CT molecular complexity index is 1050. The van der Waals surface area contributed by atoms with E-state index in [-0.39, 0.29) is 5.63 Å². The van der Waals surface area contributed by atoms with Crippen molar-refractivity contribution in [3.8, 4) is 16.9 Å². The van der Waals surface area contributed by atoms with Gasteiger partial charge < -0.3 is 14.3 Å². The first-order chi connectivity index (χ1) is 14.1. The molecule has 2 aromatic carbocycles. The summed E-state index contributed by atoms with van der Waals surface area (Å²) in [6.07, 6.45) is 4.68. The Morgan fingerprint density at radius 3 is 2.30 bits per heavy atom. The van der Waals surface area contributed by atoms with Crippen molar-refractivity contribution in [2.45, 2.75) is 71.5 Å². The molecule has 4 heteroatoms. The zero-order valence-corrected chi connectivity index (χ0v) is 18.6. The average molecular weight is 409 g/mol. The van der Waals surface area contributed by atoms with E-state index in [0.29, 0.717) is 16.9 Å². The molecule has 0 atom stereocenters. The van der Waals surface area contributed by atoms with Gasteiger partial charge in [0.25, 0.3) is 0 Å². The highest BCUT2D eigenvalue weighted by Gasteiger charge is 2.37. The number of benzene rings is 2. The molecule has 0 spiro atoms. The number of aryl methyl sites for hydroxylation is 1. The van der Waals surface area contributed by atoms with Gasteiger partial charge in [-0.2, -0.15) is 0 Å². The molecule has 0 radical (unpaired) electrons. The first-order valence-corrected chi connectivity index (χ1v) is 10.7. The smallest absolute Gasteiger partial charge is 0.344 e. The zero-order valence-electron chi connectivity index (χ0n) is 18.6. The van der Waals surface area contributed by atoms with Gasteiger partial charge in [-0.05, 0) is 69.9 Å². The fourth-order valence-electron chi connectivity index (χ4n) is 3.21. The lowest BCUT2D eigenvalue weighted by Crippen LogP contribution is -2.49. The van der Waals surface area contributed by atoms with Crippen LogP contribution in [-0.4, -0.2) is 16.3 Å². The van der Waals surface area contributed by atoms with Gasteiger partial charge in [-0.15, -0.1) is 0 Å². The van der Waals surface area contributed by atoms with E-state index in [9.17, 15) is 9.90 Å². The lowest BCUT2D eigenvalue weighted by molar-refractivity contribution is -0.0906. The van der Waals surface area contributed by atoms with Crippen molar-refractivity contribution in [2.24, 2.45) is 0 Å². The molecule has 0 aliphatic carbocycles. The molecule has 1 heterocycles. The van der Waals surface area contributed by atoms with E-state index in [2.05, 4.69) is 19.1 Å². The Hall–Kier alpha value is -2.59. The van der Waals surface area contributed by atoms with Crippen molar-refractivity contribution in [3.05, 3.63) is 64.5 Å². The molecular formula is C26H32O4. The summed E-state index contributed by atoms with van der Waals surface area (Å²) in [5, 5.41) is 11.1. The lowest BCUT2D eigenvalue weighted by atomic mass is 9.89. The first-order valence-electron chi connectivity index (χ1n) is 10.7. The molecule has 4 nitrogen and oxygen atoms in total. The van der Waals surface area contributed by atoms with Crippen LogP contribution in [0.4, 0.5) is 0 Å². The largest absolute Gasteiger partial charge is 0.485 e. The van der Waals surface area contributed by atoms with Crippen molar-refractivity contribution < 1.29 is 14.3 Å². The van der Waals surface area contributed by atoms with Crippen LogP contribution in [0.5, 0.6) is 5.75 Å². The summed E-state index contributed by atoms with van der Waals surface area (Å²) in [7, 11) is 0. The molecule has 0 bridgehead atoms. The van der Waals surface area contributed by atoms with Gasteiger partial charge in [-0.3, -0.25) is 0 Å². The fourth-order valence-corrected chi connectivity index (χ4v) is 3.21. The van der Waals surface area contributed by atoms with Gasteiger partial charge in [0.2, 0.25) is 0 Å². The van der Waals surface area contributed by atoms with Crippen LogP contribution in [0.2, 0.25) is 0 Å². The van der Waals surface area contributed by atoms with E-state index in [1.54, 1.807) is 19.9 Å². The summed E-state index contributed by atoms with van der Waals surface area (Å²) in [5.41, 5.74) is 0.939. The minimum atomic E-state index is -1.03. The highest BCUT2D eigenvalue weighted by molar-refractivity contribution is 5.82. The molecule has 3 rings (SSSR count). The molecule has 30 heavy (non-hydrogen) atoms. The Labute approximate surface area is 178 Å². The van der Waals surface area contributed by atoms with Crippen LogP contribution in [0.1, 0.15) is 59.4 Å². The molecule has 0 saturated heterocycles. The van der Waals surface area contributed by atoms with Crippen LogP contribution in [0.3, 0.4) is 0 Å². The van der Waals surface area contributed by atoms with Crippen LogP contribution in [-0.2, 0) is 6.42 Å². The molecule has 1 aromatic heterocycles. The molecule has 0 aliphatic rings. The Morgan fingerprint density at radius 1 is 0.967 bits per heavy atom. The number of unbranched alkanes of at least 4 members (excludes halogenated alkanes) is 2. The van der Waals surface area contributed by atoms with Crippen LogP contribution >= 0.6 is 0 Å². The highest BCUT2D eigenvalue weighted by Crippen LogP contribution is 2.30. The second kappa shape index (κ2) is 8.65. The molecule has 0 aliphatic heterocycles. The number of rotatable bonds is 8. The molecule has 0 amide bonds. The molecule has 0 fully saturated rings. The second-order valence-electron chi connectivity index (χ2n) is 8.97. The van der Waals surface area contributed by atoms with Crippen LogP contribution in [0, 0.1) is 0 Å². The number of hydrogen-bond donors (Lipinski definition) is 1. The van der Waals surface area contributed by atoms with Gasteiger partial charge in [0.15, 0.2) is 0 Å². The minimum absolute atomic E-state index is 0.375. The summed E-state index contributed by atoms with van der Waals surface area (Å²) in [6, 6.07) is 15.4. The predicted octanol–water partition coefficient (Wildman–Crippen LogP) is 6.12. The van der Waals surface area contributed by atoms with Gasteiger partial charge in [0, 0.05) is 11.5 Å². The number of aliphatic hydroxyl groups is 1. The normalized spacial score (nSPS) is 12.3. The van der Waals surface area contributed by atoms with Crippen LogP contribution < -0.4 is 10.4 Å². The minimum Gasteiger partial charge on any atom is -0.485 e. The van der Waals surface area contributed by atoms with E-state index in [0.717, 1.165) is 17.4 Å². The van der Waals surface area contributed by atoms with Gasteiger partial charge in [0.1, 0.15) is 16.9 Å². The predicted molar refractivity (Wildman–Crippen MR) is 122 cm³/mol. The number of fused-ring (bicyclic) bond motifs is 1. The van der Waals surface area contributed by atoms with Crippen molar-refractivity contribution in [3.63, 3.8) is 0 Å². The lowest BCUT2D eigenvalue weighted by Gasteiger charge is -2.37. The monoisotopic (exact) mass is 408 g/mol. The number of hydrogen-bond acceptors (Lipinski definition) is 4. The van der Waals surface area contributed by atoms with Crippen molar-refractivity contribution >= 4 is 11.0 Å². The quantitative estimate of drug-likeness (QED) is 0.360. The maximum Gasteiger partial charge on any atom is 0.344 e. The Morgan fingerprint density at radius 2 is 1.67 bits per heavy atom. The fraction of sp³-hybridized carbons (Fsp3) is 0.423. The van der Waals surface area contributed by atoms with E-state index in [4.69, 9.17) is 9.15 Å². The Kier molecular flexibility index (Phi) is 6.37. The van der Waals surface area contributed by atoms with Crippen molar-refractivity contribution in [1.29, 1.82) is 0 Å². The molecule has 3 aromatic rings. The van der Waals surface area contributed by atoms with Crippen LogP contribution in [0.15, 0.2) is 57.7 Å². The third-order valence-electron chi connectivity index (χ3n) is 5.89. The van der Waals surface area contributed by atoms with Crippen molar-refractivity contribution in [1.82, 2.24) is 0 Å². The molecule has 1 N–H and O–H groups in total.